The van der Waals surface area contributed by atoms with Crippen molar-refractivity contribution in [1.29, 1.82) is 0 Å². The van der Waals surface area contributed by atoms with Gasteiger partial charge in [0.1, 0.15) is 19.3 Å². The van der Waals surface area contributed by atoms with Crippen LogP contribution in [0.5, 0.6) is 0 Å². The van der Waals surface area contributed by atoms with Crippen molar-refractivity contribution >= 4 is 7.82 Å². The zero-order chi connectivity index (χ0) is 24.8. The second-order valence-corrected chi connectivity index (χ2v) is 10.8. The Balaban J connectivity index is 3.78. The van der Waals surface area contributed by atoms with Crippen LogP contribution < -0.4 is 0 Å². The van der Waals surface area contributed by atoms with Crippen molar-refractivity contribution in [3.8, 4) is 0 Å². The summed E-state index contributed by atoms with van der Waals surface area (Å²) in [4.78, 5) is 9.93. The van der Waals surface area contributed by atoms with Gasteiger partial charge in [-0.3, -0.25) is 9.05 Å². The Morgan fingerprint density at radius 2 is 1.42 bits per heavy atom. The van der Waals surface area contributed by atoms with Crippen LogP contribution in [0.25, 0.3) is 0 Å². The maximum Gasteiger partial charge on any atom is 0.472 e. The van der Waals surface area contributed by atoms with Crippen molar-refractivity contribution in [3.05, 3.63) is 24.3 Å². The van der Waals surface area contributed by atoms with Crippen LogP contribution in [0.2, 0.25) is 0 Å². The zero-order valence-corrected chi connectivity index (χ0v) is 22.8. The maximum absolute atomic E-state index is 12.1. The number of phosphoric acid groups is 1. The van der Waals surface area contributed by atoms with Gasteiger partial charge >= 0.3 is 7.82 Å². The Labute approximate surface area is 203 Å². The summed E-state index contributed by atoms with van der Waals surface area (Å²) in [6.07, 6.45) is 20.2. The third kappa shape index (κ3) is 24.4. The molecule has 8 heteroatoms. The molecule has 0 aromatic carbocycles. The molecule has 0 spiro atoms. The molecule has 0 amide bonds. The lowest BCUT2D eigenvalue weighted by Gasteiger charge is -2.25. The van der Waals surface area contributed by atoms with E-state index < -0.39 is 13.9 Å². The highest BCUT2D eigenvalue weighted by molar-refractivity contribution is 7.47. The second-order valence-electron chi connectivity index (χ2n) is 9.44. The molecule has 2 atom stereocenters. The predicted molar refractivity (Wildman–Crippen MR) is 136 cm³/mol. The average molecular weight is 493 g/mol. The molecule has 0 saturated heterocycles. The Morgan fingerprint density at radius 3 is 1.97 bits per heavy atom. The Bertz CT molecular complexity index is 548. The standard InChI is InChI=1S/C25H50NO6P/c1-6-7-8-9-10-11-12-13-14-15-16-17-18-19-21-30-24-25(23-29-5)32-33(27,28)31-22-20-26(2,3)4/h8-9,14-15,25H,6-7,10-13,16-24H2,1-5H3/p+1/t25-/m0/s1. The minimum Gasteiger partial charge on any atom is -0.382 e. The lowest BCUT2D eigenvalue weighted by Crippen LogP contribution is -2.37. The minimum absolute atomic E-state index is 0.142. The zero-order valence-electron chi connectivity index (χ0n) is 21.9. The van der Waals surface area contributed by atoms with Gasteiger partial charge in [-0.25, -0.2) is 4.57 Å². The summed E-state index contributed by atoms with van der Waals surface area (Å²) in [6, 6.07) is 0. The smallest absolute Gasteiger partial charge is 0.382 e. The largest absolute Gasteiger partial charge is 0.472 e. The van der Waals surface area contributed by atoms with Crippen LogP contribution in [-0.2, 0) is 23.1 Å². The van der Waals surface area contributed by atoms with E-state index in [1.807, 2.05) is 21.1 Å². The van der Waals surface area contributed by atoms with Crippen molar-refractivity contribution in [2.75, 3.05) is 61.2 Å². The fourth-order valence-corrected chi connectivity index (χ4v) is 3.84. The third-order valence-corrected chi connectivity index (χ3v) is 5.97. The number of phosphoric ester groups is 1. The number of hydrogen-bond acceptors (Lipinski definition) is 5. The first kappa shape index (κ1) is 32.5. The lowest BCUT2D eigenvalue weighted by atomic mass is 10.1. The topological polar surface area (TPSA) is 74.2 Å². The average Bonchev–Trinajstić information content (AvgIpc) is 2.72. The molecule has 1 unspecified atom stereocenters. The molecule has 0 saturated carbocycles. The maximum atomic E-state index is 12.1. The molecule has 0 aliphatic rings. The number of unbranched alkanes of at least 4 members (excludes halogenated alkanes) is 7. The lowest BCUT2D eigenvalue weighted by molar-refractivity contribution is -0.870. The molecule has 1 N–H and O–H groups in total. The van der Waals surface area contributed by atoms with Gasteiger partial charge in [0.15, 0.2) is 0 Å². The van der Waals surface area contributed by atoms with Crippen molar-refractivity contribution in [2.45, 2.75) is 77.2 Å². The van der Waals surface area contributed by atoms with Gasteiger partial charge in [-0.05, 0) is 51.4 Å². The van der Waals surface area contributed by atoms with Crippen molar-refractivity contribution < 1.29 is 32.5 Å². The summed E-state index contributed by atoms with van der Waals surface area (Å²) in [6.45, 7) is 3.91. The fraction of sp³-hybridized carbons (Fsp3) is 0.840. The first-order valence-corrected chi connectivity index (χ1v) is 14.0. The van der Waals surface area contributed by atoms with Crippen LogP contribution in [0.1, 0.15) is 71.1 Å². The summed E-state index contributed by atoms with van der Waals surface area (Å²) in [7, 11) is 3.34. The molecule has 0 aromatic heterocycles. The molecule has 7 nitrogen and oxygen atoms in total. The molecule has 0 aliphatic heterocycles. The molecular formula is C25H51NO6P+. The van der Waals surface area contributed by atoms with Gasteiger partial charge in [0.05, 0.1) is 34.4 Å². The molecule has 0 fully saturated rings. The van der Waals surface area contributed by atoms with Gasteiger partial charge in [0.25, 0.3) is 0 Å². The number of likely N-dealkylation sites (N-methyl/N-ethyl adjacent to an activating group) is 1. The van der Waals surface area contributed by atoms with E-state index in [0.717, 1.165) is 25.7 Å². The van der Waals surface area contributed by atoms with Gasteiger partial charge < -0.3 is 18.9 Å². The highest BCUT2D eigenvalue weighted by Crippen LogP contribution is 2.44. The van der Waals surface area contributed by atoms with E-state index in [9.17, 15) is 9.46 Å². The molecule has 0 rings (SSSR count). The van der Waals surface area contributed by atoms with E-state index in [4.69, 9.17) is 18.5 Å². The number of methoxy groups -OCH3 is 1. The number of ether oxygens (including phenoxy) is 2. The predicted octanol–water partition coefficient (Wildman–Crippen LogP) is 5.89. The Kier molecular flexibility index (Phi) is 20.5. The number of rotatable bonds is 23. The molecule has 0 bridgehead atoms. The highest BCUT2D eigenvalue weighted by Gasteiger charge is 2.27. The number of quaternary nitrogens is 1. The molecule has 0 aliphatic carbocycles. The van der Waals surface area contributed by atoms with Gasteiger partial charge in [-0.15, -0.1) is 0 Å². The van der Waals surface area contributed by atoms with E-state index in [1.54, 1.807) is 0 Å². The molecule has 0 radical (unpaired) electrons. The Hall–Kier alpha value is -0.530. The molecule has 33 heavy (non-hydrogen) atoms. The number of hydrogen-bond donors (Lipinski definition) is 1. The second kappa shape index (κ2) is 20.8. The minimum atomic E-state index is -4.14. The summed E-state index contributed by atoms with van der Waals surface area (Å²) >= 11 is 0. The summed E-state index contributed by atoms with van der Waals surface area (Å²) < 4.78 is 33.8. The van der Waals surface area contributed by atoms with Crippen LogP contribution in [0, 0.1) is 0 Å². The van der Waals surface area contributed by atoms with Crippen LogP contribution in [0.15, 0.2) is 24.3 Å². The third-order valence-electron chi connectivity index (χ3n) is 4.89. The first-order chi connectivity index (χ1) is 15.7. The van der Waals surface area contributed by atoms with E-state index >= 15 is 0 Å². The van der Waals surface area contributed by atoms with E-state index in [1.165, 1.54) is 45.6 Å². The van der Waals surface area contributed by atoms with E-state index in [2.05, 4.69) is 31.2 Å². The molecule has 196 valence electrons. The summed E-state index contributed by atoms with van der Waals surface area (Å²) in [5.74, 6) is 0. The van der Waals surface area contributed by atoms with Gasteiger partial charge in [-0.2, -0.15) is 0 Å². The van der Waals surface area contributed by atoms with Crippen LogP contribution in [-0.4, -0.2) is 76.7 Å². The summed E-state index contributed by atoms with van der Waals surface area (Å²) in [5.41, 5.74) is 0. The van der Waals surface area contributed by atoms with Gasteiger partial charge in [-0.1, -0.05) is 44.1 Å². The number of allylic oxidation sites excluding steroid dienone is 4. The molecular weight excluding hydrogens is 441 g/mol. The first-order valence-electron chi connectivity index (χ1n) is 12.5. The normalized spacial score (nSPS) is 15.5. The van der Waals surface area contributed by atoms with Gasteiger partial charge in [0.2, 0.25) is 0 Å². The van der Waals surface area contributed by atoms with E-state index in [-0.39, 0.29) is 19.8 Å². The fourth-order valence-electron chi connectivity index (χ4n) is 2.96. The van der Waals surface area contributed by atoms with Crippen LogP contribution >= 0.6 is 7.82 Å². The van der Waals surface area contributed by atoms with Crippen molar-refractivity contribution in [1.82, 2.24) is 0 Å². The van der Waals surface area contributed by atoms with Crippen molar-refractivity contribution in [2.24, 2.45) is 0 Å². The van der Waals surface area contributed by atoms with E-state index in [0.29, 0.717) is 17.6 Å². The number of nitrogens with zero attached hydrogens (tertiary/aromatic N) is 1. The molecule has 0 aromatic rings. The Morgan fingerprint density at radius 1 is 0.848 bits per heavy atom. The SMILES string of the molecule is CCCC=CCCCCC=CCCCCCOC[C@H](COC)OP(=O)(O)OCC[N+](C)(C)C. The monoisotopic (exact) mass is 492 g/mol. The van der Waals surface area contributed by atoms with Crippen LogP contribution in [0.4, 0.5) is 0 Å². The highest BCUT2D eigenvalue weighted by atomic mass is 31.2. The quantitative estimate of drug-likeness (QED) is 0.0830. The van der Waals surface area contributed by atoms with Crippen LogP contribution in [0.3, 0.4) is 0 Å². The van der Waals surface area contributed by atoms with Gasteiger partial charge in [0, 0.05) is 13.7 Å². The van der Waals surface area contributed by atoms with Crippen molar-refractivity contribution in [3.63, 3.8) is 0 Å². The molecule has 0 heterocycles. The summed E-state index contributed by atoms with van der Waals surface area (Å²) in [5, 5.41) is 0.